The number of aromatic nitrogens is 2. The second kappa shape index (κ2) is 4.62. The van der Waals surface area contributed by atoms with Gasteiger partial charge in [-0.3, -0.25) is 4.68 Å². The lowest BCUT2D eigenvalue weighted by molar-refractivity contribution is -0.0133. The van der Waals surface area contributed by atoms with Crippen LogP contribution in [0.3, 0.4) is 0 Å². The number of aryl methyl sites for hydroxylation is 1. The number of rotatable bonds is 4. The summed E-state index contributed by atoms with van der Waals surface area (Å²) in [5, 5.41) is 8.33. The molecule has 0 aromatic carbocycles. The molecule has 104 valence electrons. The summed E-state index contributed by atoms with van der Waals surface area (Å²) >= 11 is 0. The molecule has 0 unspecified atom stereocenters. The summed E-state index contributed by atoms with van der Waals surface area (Å²) in [6, 6.07) is 2.95. The van der Waals surface area contributed by atoms with Crippen LogP contribution < -0.4 is 5.32 Å². The van der Waals surface area contributed by atoms with Crippen molar-refractivity contribution in [2.45, 2.75) is 44.6 Å². The lowest BCUT2D eigenvalue weighted by atomic mass is 9.54. The van der Waals surface area contributed by atoms with Crippen LogP contribution in [0, 0.1) is 23.7 Å². The van der Waals surface area contributed by atoms with Gasteiger partial charge in [-0.05, 0) is 61.8 Å². The third-order valence-corrected chi connectivity index (χ3v) is 5.76. The fourth-order valence-corrected chi connectivity index (χ4v) is 5.22. The van der Waals surface area contributed by atoms with Crippen LogP contribution in [0.4, 0.5) is 0 Å². The molecule has 1 N–H and O–H groups in total. The Labute approximate surface area is 115 Å². The SMILES string of the molecule is Cn1ccc(CCNC2C3CC4CC(C3)CC2C4)n1. The third kappa shape index (κ3) is 2.22. The van der Waals surface area contributed by atoms with Gasteiger partial charge in [-0.25, -0.2) is 0 Å². The van der Waals surface area contributed by atoms with Crippen molar-refractivity contribution >= 4 is 0 Å². The van der Waals surface area contributed by atoms with Crippen LogP contribution in [0.5, 0.6) is 0 Å². The van der Waals surface area contributed by atoms with Gasteiger partial charge < -0.3 is 5.32 Å². The van der Waals surface area contributed by atoms with Gasteiger partial charge in [0.25, 0.3) is 0 Å². The number of nitrogens with one attached hydrogen (secondary N) is 1. The minimum absolute atomic E-state index is 0.816. The Morgan fingerprint density at radius 3 is 2.42 bits per heavy atom. The van der Waals surface area contributed by atoms with Gasteiger partial charge in [0.2, 0.25) is 0 Å². The zero-order valence-electron chi connectivity index (χ0n) is 11.9. The van der Waals surface area contributed by atoms with Gasteiger partial charge in [0.15, 0.2) is 0 Å². The van der Waals surface area contributed by atoms with Gasteiger partial charge in [-0.1, -0.05) is 0 Å². The quantitative estimate of drug-likeness (QED) is 0.899. The molecule has 4 aliphatic carbocycles. The Morgan fingerprint density at radius 2 is 1.84 bits per heavy atom. The van der Waals surface area contributed by atoms with Crippen LogP contribution in [0.15, 0.2) is 12.3 Å². The van der Waals surface area contributed by atoms with E-state index in [1.807, 2.05) is 17.9 Å². The van der Waals surface area contributed by atoms with Crippen LogP contribution >= 0.6 is 0 Å². The van der Waals surface area contributed by atoms with Gasteiger partial charge in [0.1, 0.15) is 0 Å². The number of hydrogen-bond acceptors (Lipinski definition) is 2. The summed E-state index contributed by atoms with van der Waals surface area (Å²) in [6.45, 7) is 1.10. The molecule has 5 rings (SSSR count). The average Bonchev–Trinajstić information content (AvgIpc) is 2.78. The van der Waals surface area contributed by atoms with Crippen molar-refractivity contribution in [3.8, 4) is 0 Å². The lowest BCUT2D eigenvalue weighted by Gasteiger charge is -2.54. The fraction of sp³-hybridized carbons (Fsp3) is 0.812. The molecule has 0 atom stereocenters. The van der Waals surface area contributed by atoms with Crippen LogP contribution in [-0.2, 0) is 13.5 Å². The Balaban J connectivity index is 1.33. The first-order chi connectivity index (χ1) is 9.28. The molecule has 0 aliphatic heterocycles. The molecule has 19 heavy (non-hydrogen) atoms. The highest BCUT2D eigenvalue weighted by atomic mass is 15.2. The molecule has 4 saturated carbocycles. The number of hydrogen-bond donors (Lipinski definition) is 1. The highest BCUT2D eigenvalue weighted by molar-refractivity contribution is 5.03. The van der Waals surface area contributed by atoms with Crippen molar-refractivity contribution in [1.82, 2.24) is 15.1 Å². The first-order valence-electron chi connectivity index (χ1n) is 8.00. The summed E-state index contributed by atoms with van der Waals surface area (Å²) in [5.74, 6) is 4.13. The van der Waals surface area contributed by atoms with E-state index in [9.17, 15) is 0 Å². The maximum absolute atomic E-state index is 4.46. The highest BCUT2D eigenvalue weighted by Crippen LogP contribution is 2.53. The smallest absolute Gasteiger partial charge is 0.0637 e. The Bertz CT molecular complexity index is 423. The van der Waals surface area contributed by atoms with E-state index < -0.39 is 0 Å². The first-order valence-corrected chi connectivity index (χ1v) is 8.00. The van der Waals surface area contributed by atoms with Crippen molar-refractivity contribution in [2.24, 2.45) is 30.7 Å². The molecule has 1 aromatic heterocycles. The summed E-state index contributed by atoms with van der Waals surface area (Å²) in [7, 11) is 1.99. The molecular formula is C16H25N3. The van der Waals surface area contributed by atoms with Crippen LogP contribution in [0.1, 0.15) is 37.8 Å². The minimum atomic E-state index is 0.816. The third-order valence-electron chi connectivity index (χ3n) is 5.76. The van der Waals surface area contributed by atoms with Gasteiger partial charge >= 0.3 is 0 Å². The van der Waals surface area contributed by atoms with Gasteiger partial charge in [-0.2, -0.15) is 5.10 Å². The van der Waals surface area contributed by atoms with Crippen molar-refractivity contribution in [3.63, 3.8) is 0 Å². The van der Waals surface area contributed by atoms with E-state index in [1.54, 1.807) is 6.42 Å². The lowest BCUT2D eigenvalue weighted by Crippen LogP contribution is -2.54. The highest BCUT2D eigenvalue weighted by Gasteiger charge is 2.47. The Hall–Kier alpha value is -0.830. The van der Waals surface area contributed by atoms with E-state index in [-0.39, 0.29) is 0 Å². The van der Waals surface area contributed by atoms with Crippen molar-refractivity contribution in [2.75, 3.05) is 6.54 Å². The number of nitrogens with zero attached hydrogens (tertiary/aromatic N) is 2. The van der Waals surface area contributed by atoms with E-state index in [2.05, 4.69) is 16.5 Å². The maximum Gasteiger partial charge on any atom is 0.0637 e. The fourth-order valence-electron chi connectivity index (χ4n) is 5.22. The molecule has 0 radical (unpaired) electrons. The second-order valence-corrected chi connectivity index (χ2v) is 7.14. The first kappa shape index (κ1) is 12.0. The Kier molecular flexibility index (Phi) is 2.91. The molecule has 4 fully saturated rings. The van der Waals surface area contributed by atoms with Crippen LogP contribution in [0.25, 0.3) is 0 Å². The summed E-state index contributed by atoms with van der Waals surface area (Å²) < 4.78 is 1.90. The predicted molar refractivity (Wildman–Crippen MR) is 75.7 cm³/mol. The van der Waals surface area contributed by atoms with Gasteiger partial charge in [-0.15, -0.1) is 0 Å². The molecule has 4 aliphatic rings. The monoisotopic (exact) mass is 259 g/mol. The second-order valence-electron chi connectivity index (χ2n) is 7.14. The largest absolute Gasteiger partial charge is 0.313 e. The predicted octanol–water partition coefficient (Wildman–Crippen LogP) is 2.38. The average molecular weight is 259 g/mol. The van der Waals surface area contributed by atoms with Crippen LogP contribution in [-0.4, -0.2) is 22.4 Å². The van der Waals surface area contributed by atoms with E-state index in [0.29, 0.717) is 0 Å². The topological polar surface area (TPSA) is 29.9 Å². The normalized spacial score (nSPS) is 39.9. The van der Waals surface area contributed by atoms with Crippen molar-refractivity contribution in [1.29, 1.82) is 0 Å². The van der Waals surface area contributed by atoms with Gasteiger partial charge in [0, 0.05) is 32.3 Å². The summed E-state index contributed by atoms with van der Waals surface area (Å²) in [6.07, 6.45) is 10.7. The molecule has 0 saturated heterocycles. The molecule has 3 heteroatoms. The molecule has 0 spiro atoms. The standard InChI is InChI=1S/C16H25N3/c1-19-5-3-15(18-19)2-4-17-16-13-7-11-6-12(9-13)10-14(16)8-11/h3,5,11-14,16-17H,2,4,6-10H2,1H3. The van der Waals surface area contributed by atoms with Crippen molar-refractivity contribution < 1.29 is 0 Å². The zero-order valence-corrected chi connectivity index (χ0v) is 11.9. The van der Waals surface area contributed by atoms with Crippen LogP contribution in [0.2, 0.25) is 0 Å². The minimum Gasteiger partial charge on any atom is -0.313 e. The van der Waals surface area contributed by atoms with E-state index in [1.165, 1.54) is 31.4 Å². The molecule has 0 amide bonds. The Morgan fingerprint density at radius 1 is 1.16 bits per heavy atom. The summed E-state index contributed by atoms with van der Waals surface area (Å²) in [4.78, 5) is 0. The van der Waals surface area contributed by atoms with E-state index in [4.69, 9.17) is 0 Å². The van der Waals surface area contributed by atoms with Crippen molar-refractivity contribution in [3.05, 3.63) is 18.0 Å². The van der Waals surface area contributed by atoms with E-state index in [0.717, 1.165) is 42.7 Å². The molecule has 1 aromatic rings. The molecule has 4 bridgehead atoms. The molecule has 1 heterocycles. The van der Waals surface area contributed by atoms with E-state index >= 15 is 0 Å². The summed E-state index contributed by atoms with van der Waals surface area (Å²) in [5.41, 5.74) is 1.22. The maximum atomic E-state index is 4.46. The van der Waals surface area contributed by atoms with Gasteiger partial charge in [0.05, 0.1) is 5.69 Å². The molecular weight excluding hydrogens is 234 g/mol. The molecule has 3 nitrogen and oxygen atoms in total. The zero-order chi connectivity index (χ0) is 12.8.